The van der Waals surface area contributed by atoms with Gasteiger partial charge in [0.2, 0.25) is 0 Å². The molecule has 3 rings (SSSR count). The van der Waals surface area contributed by atoms with E-state index in [-0.39, 0.29) is 5.82 Å². The third-order valence-corrected chi connectivity index (χ3v) is 3.22. The highest BCUT2D eigenvalue weighted by Crippen LogP contribution is 2.26. The third kappa shape index (κ3) is 1.82. The summed E-state index contributed by atoms with van der Waals surface area (Å²) >= 11 is 0. The Balaban J connectivity index is 2.34. The molecular weight excluding hydrogens is 255 g/mol. The molecular formula is C15H11FN4. The number of fused-ring (bicyclic) bond motifs is 1. The highest BCUT2D eigenvalue weighted by atomic mass is 19.1. The van der Waals surface area contributed by atoms with E-state index < -0.39 is 0 Å². The molecule has 2 aromatic heterocycles. The van der Waals surface area contributed by atoms with E-state index in [4.69, 9.17) is 0 Å². The third-order valence-electron chi connectivity index (χ3n) is 3.22. The average molecular weight is 266 g/mol. The quantitative estimate of drug-likeness (QED) is 0.680. The van der Waals surface area contributed by atoms with Crippen LogP contribution in [0, 0.1) is 31.0 Å². The van der Waals surface area contributed by atoms with Crippen LogP contribution in [0.5, 0.6) is 0 Å². The predicted octanol–water partition coefficient (Wildman–Crippen LogP) is 3.05. The van der Waals surface area contributed by atoms with E-state index in [0.717, 1.165) is 11.2 Å². The molecule has 4 nitrogen and oxygen atoms in total. The van der Waals surface area contributed by atoms with Gasteiger partial charge in [-0.05, 0) is 31.5 Å². The Morgan fingerprint density at radius 3 is 2.65 bits per heavy atom. The van der Waals surface area contributed by atoms with Crippen molar-refractivity contribution < 1.29 is 4.39 Å². The molecule has 0 aliphatic carbocycles. The van der Waals surface area contributed by atoms with E-state index in [1.165, 1.54) is 6.07 Å². The van der Waals surface area contributed by atoms with E-state index >= 15 is 0 Å². The van der Waals surface area contributed by atoms with Crippen molar-refractivity contribution >= 4 is 10.9 Å². The summed E-state index contributed by atoms with van der Waals surface area (Å²) in [5.74, 6) is 0.287. The number of halogens is 1. The minimum atomic E-state index is -0.318. The summed E-state index contributed by atoms with van der Waals surface area (Å²) in [5, 5.41) is 9.76. The number of hydrogen-bond acceptors (Lipinski definition) is 3. The van der Waals surface area contributed by atoms with Gasteiger partial charge in [0.1, 0.15) is 11.9 Å². The van der Waals surface area contributed by atoms with E-state index in [1.807, 2.05) is 6.92 Å². The van der Waals surface area contributed by atoms with Crippen molar-refractivity contribution in [1.29, 1.82) is 5.26 Å². The summed E-state index contributed by atoms with van der Waals surface area (Å²) < 4.78 is 15.4. The summed E-state index contributed by atoms with van der Waals surface area (Å²) in [5.41, 5.74) is 2.51. The summed E-state index contributed by atoms with van der Waals surface area (Å²) in [6.45, 7) is 3.55. The Labute approximate surface area is 115 Å². The van der Waals surface area contributed by atoms with Gasteiger partial charge in [-0.1, -0.05) is 0 Å². The highest BCUT2D eigenvalue weighted by Gasteiger charge is 2.13. The second-order valence-corrected chi connectivity index (χ2v) is 4.66. The Bertz CT molecular complexity index is 841. The normalized spacial score (nSPS) is 10.7. The van der Waals surface area contributed by atoms with Gasteiger partial charge in [0, 0.05) is 11.6 Å². The molecule has 0 fully saturated rings. The first-order chi connectivity index (χ1) is 9.60. The van der Waals surface area contributed by atoms with Gasteiger partial charge < -0.3 is 0 Å². The summed E-state index contributed by atoms with van der Waals surface area (Å²) in [7, 11) is 0. The Hall–Kier alpha value is -2.74. The Kier molecular flexibility index (Phi) is 2.72. The number of aromatic nitrogens is 3. The topological polar surface area (TPSA) is 54.5 Å². The number of nitriles is 1. The maximum Gasteiger partial charge on any atom is 0.155 e. The first-order valence-electron chi connectivity index (χ1n) is 6.10. The zero-order chi connectivity index (χ0) is 14.3. The predicted molar refractivity (Wildman–Crippen MR) is 73.0 cm³/mol. The molecule has 5 heteroatoms. The van der Waals surface area contributed by atoms with Crippen LogP contribution in [0.3, 0.4) is 0 Å². The maximum absolute atomic E-state index is 13.7. The van der Waals surface area contributed by atoms with E-state index in [1.54, 1.807) is 36.1 Å². The zero-order valence-corrected chi connectivity index (χ0v) is 11.1. The molecule has 0 saturated carbocycles. The van der Waals surface area contributed by atoms with Gasteiger partial charge in [0.25, 0.3) is 0 Å². The lowest BCUT2D eigenvalue weighted by molar-refractivity contribution is 0.620. The van der Waals surface area contributed by atoms with Crippen LogP contribution in [-0.2, 0) is 0 Å². The lowest BCUT2D eigenvalue weighted by Gasteiger charge is -2.05. The molecule has 0 aliphatic rings. The number of hydrogen-bond donors (Lipinski definition) is 0. The van der Waals surface area contributed by atoms with Gasteiger partial charge in [-0.3, -0.25) is 9.55 Å². The second-order valence-electron chi connectivity index (χ2n) is 4.66. The monoisotopic (exact) mass is 266 g/mol. The van der Waals surface area contributed by atoms with Crippen LogP contribution in [0.4, 0.5) is 4.39 Å². The highest BCUT2D eigenvalue weighted by molar-refractivity contribution is 5.88. The molecule has 0 radical (unpaired) electrons. The van der Waals surface area contributed by atoms with Crippen LogP contribution in [0.15, 0.2) is 30.7 Å². The van der Waals surface area contributed by atoms with Crippen LogP contribution in [0.25, 0.3) is 16.7 Å². The van der Waals surface area contributed by atoms with Gasteiger partial charge in [0.15, 0.2) is 5.82 Å². The van der Waals surface area contributed by atoms with Crippen molar-refractivity contribution in [1.82, 2.24) is 14.5 Å². The van der Waals surface area contributed by atoms with Crippen LogP contribution < -0.4 is 0 Å². The van der Waals surface area contributed by atoms with Crippen molar-refractivity contribution in [3.05, 3.63) is 53.4 Å². The molecule has 0 spiro atoms. The molecule has 0 bridgehead atoms. The molecule has 0 N–H and O–H groups in total. The SMILES string of the molecule is Cc1cnc(-n2cc(C#N)c3cc(F)c(C)cc32)cn1. The molecule has 20 heavy (non-hydrogen) atoms. The number of nitrogens with zero attached hydrogens (tertiary/aromatic N) is 4. The van der Waals surface area contributed by atoms with Gasteiger partial charge >= 0.3 is 0 Å². The van der Waals surface area contributed by atoms with Crippen molar-refractivity contribution in [3.63, 3.8) is 0 Å². The summed E-state index contributed by atoms with van der Waals surface area (Å²) in [4.78, 5) is 8.49. The van der Waals surface area contributed by atoms with Crippen LogP contribution >= 0.6 is 0 Å². The smallest absolute Gasteiger partial charge is 0.155 e. The Morgan fingerprint density at radius 1 is 1.20 bits per heavy atom. The lowest BCUT2D eigenvalue weighted by atomic mass is 10.1. The molecule has 98 valence electrons. The molecule has 0 unspecified atom stereocenters. The van der Waals surface area contributed by atoms with Gasteiger partial charge in [-0.15, -0.1) is 0 Å². The Morgan fingerprint density at radius 2 is 2.00 bits per heavy atom. The van der Waals surface area contributed by atoms with E-state index in [9.17, 15) is 9.65 Å². The van der Waals surface area contributed by atoms with Gasteiger partial charge in [-0.2, -0.15) is 5.26 Å². The maximum atomic E-state index is 13.7. The van der Waals surface area contributed by atoms with Crippen LogP contribution in [-0.4, -0.2) is 14.5 Å². The van der Waals surface area contributed by atoms with Gasteiger partial charge in [-0.25, -0.2) is 9.37 Å². The molecule has 0 amide bonds. The average Bonchev–Trinajstić information content (AvgIpc) is 2.78. The number of rotatable bonds is 1. The molecule has 1 aromatic carbocycles. The van der Waals surface area contributed by atoms with Crippen LogP contribution in [0.1, 0.15) is 16.8 Å². The molecule has 0 aliphatic heterocycles. The zero-order valence-electron chi connectivity index (χ0n) is 11.1. The summed E-state index contributed by atoms with van der Waals surface area (Å²) in [6, 6.07) is 5.19. The number of aryl methyl sites for hydroxylation is 2. The minimum absolute atomic E-state index is 0.318. The van der Waals surface area contributed by atoms with Crippen molar-refractivity contribution in [2.45, 2.75) is 13.8 Å². The van der Waals surface area contributed by atoms with Crippen molar-refractivity contribution in [2.24, 2.45) is 0 Å². The number of benzene rings is 1. The second kappa shape index (κ2) is 4.42. The molecule has 3 aromatic rings. The standard InChI is InChI=1S/C15H11FN4/c1-9-3-14-12(4-13(9)16)11(5-17)8-20(14)15-7-18-10(2)6-19-15/h3-4,6-8H,1-2H3. The molecule has 0 atom stereocenters. The molecule has 0 saturated heterocycles. The minimum Gasteiger partial charge on any atom is -0.299 e. The first kappa shape index (κ1) is 12.3. The fraction of sp³-hybridized carbons (Fsp3) is 0.133. The van der Waals surface area contributed by atoms with Crippen molar-refractivity contribution in [2.75, 3.05) is 0 Å². The molecule has 2 heterocycles. The lowest BCUT2D eigenvalue weighted by Crippen LogP contribution is -1.98. The fourth-order valence-corrected chi connectivity index (χ4v) is 2.14. The van der Waals surface area contributed by atoms with E-state index in [2.05, 4.69) is 16.0 Å². The van der Waals surface area contributed by atoms with Crippen LogP contribution in [0.2, 0.25) is 0 Å². The summed E-state index contributed by atoms with van der Waals surface area (Å²) in [6.07, 6.45) is 4.95. The fourth-order valence-electron chi connectivity index (χ4n) is 2.14. The van der Waals surface area contributed by atoms with Crippen molar-refractivity contribution in [3.8, 4) is 11.9 Å². The van der Waals surface area contributed by atoms with Gasteiger partial charge in [0.05, 0.1) is 29.2 Å². The van der Waals surface area contributed by atoms with E-state index in [0.29, 0.717) is 22.3 Å². The largest absolute Gasteiger partial charge is 0.299 e. The first-order valence-corrected chi connectivity index (χ1v) is 6.10.